The van der Waals surface area contributed by atoms with Gasteiger partial charge >= 0.3 is 6.18 Å². The molecule has 0 saturated heterocycles. The molecule has 0 radical (unpaired) electrons. The lowest BCUT2D eigenvalue weighted by Gasteiger charge is -2.27. The maximum absolute atomic E-state index is 12.2. The average molecular weight is 286 g/mol. The van der Waals surface area contributed by atoms with Gasteiger partial charge in [-0.05, 0) is 49.1 Å². The molecule has 112 valence electrons. The summed E-state index contributed by atoms with van der Waals surface area (Å²) >= 11 is 0. The highest BCUT2D eigenvalue weighted by atomic mass is 19.4. The molecular formula is C16H21F3O. The molecule has 20 heavy (non-hydrogen) atoms. The van der Waals surface area contributed by atoms with Crippen molar-refractivity contribution in [3.05, 3.63) is 35.4 Å². The third-order valence-electron chi connectivity index (χ3n) is 4.16. The van der Waals surface area contributed by atoms with Gasteiger partial charge in [-0.1, -0.05) is 24.3 Å². The third-order valence-corrected chi connectivity index (χ3v) is 4.16. The van der Waals surface area contributed by atoms with Crippen LogP contribution in [-0.4, -0.2) is 19.4 Å². The Kier molecular flexibility index (Phi) is 5.08. The van der Waals surface area contributed by atoms with Gasteiger partial charge in [-0.15, -0.1) is 0 Å². The fraction of sp³-hybridized carbons (Fsp3) is 0.625. The molecule has 1 nitrogen and oxygen atoms in total. The molecule has 1 aromatic carbocycles. The number of hydrogen-bond acceptors (Lipinski definition) is 1. The maximum atomic E-state index is 12.2. The normalized spacial score (nSPS) is 23.8. The van der Waals surface area contributed by atoms with Gasteiger partial charge in [0.25, 0.3) is 0 Å². The van der Waals surface area contributed by atoms with Crippen LogP contribution in [0, 0.1) is 0 Å². The molecule has 0 N–H and O–H groups in total. The van der Waals surface area contributed by atoms with Gasteiger partial charge in [0, 0.05) is 13.5 Å². The van der Waals surface area contributed by atoms with E-state index in [4.69, 9.17) is 4.74 Å². The van der Waals surface area contributed by atoms with Crippen LogP contribution in [0.25, 0.3) is 0 Å². The van der Waals surface area contributed by atoms with Crippen LogP contribution in [0.3, 0.4) is 0 Å². The van der Waals surface area contributed by atoms with E-state index in [1.807, 2.05) is 24.3 Å². The topological polar surface area (TPSA) is 9.23 Å². The summed E-state index contributed by atoms with van der Waals surface area (Å²) in [6, 6.07) is 7.65. The fourth-order valence-electron chi connectivity index (χ4n) is 2.87. The van der Waals surface area contributed by atoms with Gasteiger partial charge in [0.05, 0.1) is 6.10 Å². The van der Waals surface area contributed by atoms with Gasteiger partial charge in [0.1, 0.15) is 0 Å². The number of alkyl halides is 3. The zero-order valence-corrected chi connectivity index (χ0v) is 11.7. The summed E-state index contributed by atoms with van der Waals surface area (Å²) in [5.41, 5.74) is 2.01. The Bertz CT molecular complexity index is 403. The average Bonchev–Trinajstić information content (AvgIpc) is 2.45. The monoisotopic (exact) mass is 286 g/mol. The van der Waals surface area contributed by atoms with Gasteiger partial charge in [-0.25, -0.2) is 0 Å². The first-order chi connectivity index (χ1) is 9.48. The second kappa shape index (κ2) is 6.61. The SMILES string of the molecule is COC1CCC(c2ccc(CCC(F)(F)F)cc2)CC1. The van der Waals surface area contributed by atoms with Gasteiger partial charge in [0.15, 0.2) is 0 Å². The van der Waals surface area contributed by atoms with Gasteiger partial charge in [-0.3, -0.25) is 0 Å². The summed E-state index contributed by atoms with van der Waals surface area (Å²) in [4.78, 5) is 0. The molecule has 0 amide bonds. The Morgan fingerprint density at radius 2 is 1.65 bits per heavy atom. The van der Waals surface area contributed by atoms with Crippen LogP contribution >= 0.6 is 0 Å². The molecule has 0 spiro atoms. The minimum absolute atomic E-state index is 0.0696. The van der Waals surface area contributed by atoms with E-state index in [1.54, 1.807) is 7.11 Å². The number of hydrogen-bond donors (Lipinski definition) is 0. The smallest absolute Gasteiger partial charge is 0.381 e. The van der Waals surface area contributed by atoms with Crippen molar-refractivity contribution in [1.29, 1.82) is 0 Å². The number of benzene rings is 1. The van der Waals surface area contributed by atoms with Gasteiger partial charge in [-0.2, -0.15) is 13.2 Å². The lowest BCUT2D eigenvalue weighted by atomic mass is 9.82. The van der Waals surface area contributed by atoms with E-state index in [0.717, 1.165) is 31.2 Å². The van der Waals surface area contributed by atoms with E-state index in [9.17, 15) is 13.2 Å². The molecule has 1 fully saturated rings. The van der Waals surface area contributed by atoms with Crippen LogP contribution in [0.15, 0.2) is 24.3 Å². The Labute approximate surface area is 118 Å². The summed E-state index contributed by atoms with van der Waals surface area (Å²) in [5.74, 6) is 0.526. The molecular weight excluding hydrogens is 265 g/mol. The highest BCUT2D eigenvalue weighted by Crippen LogP contribution is 2.34. The van der Waals surface area contributed by atoms with Crippen molar-refractivity contribution in [3.63, 3.8) is 0 Å². The molecule has 0 unspecified atom stereocenters. The molecule has 1 aromatic rings. The Morgan fingerprint density at radius 3 is 2.15 bits per heavy atom. The van der Waals surface area contributed by atoms with E-state index in [-0.39, 0.29) is 6.42 Å². The summed E-state index contributed by atoms with van der Waals surface area (Å²) in [7, 11) is 1.75. The predicted molar refractivity (Wildman–Crippen MR) is 72.8 cm³/mol. The molecule has 2 rings (SSSR count). The molecule has 0 atom stereocenters. The van der Waals surface area contributed by atoms with Crippen LogP contribution < -0.4 is 0 Å². The van der Waals surface area contributed by atoms with Crippen LogP contribution in [-0.2, 0) is 11.2 Å². The van der Waals surface area contributed by atoms with Crippen molar-refractivity contribution in [2.45, 2.75) is 56.7 Å². The summed E-state index contributed by atoms with van der Waals surface area (Å²) < 4.78 is 41.9. The summed E-state index contributed by atoms with van der Waals surface area (Å²) in [5, 5.41) is 0. The first-order valence-electron chi connectivity index (χ1n) is 7.16. The predicted octanol–water partition coefficient (Wildman–Crippen LogP) is 4.85. The number of aryl methyl sites for hydroxylation is 1. The summed E-state index contributed by atoms with van der Waals surface area (Å²) in [6.07, 6.45) is -0.0467. The van der Waals surface area contributed by atoms with E-state index in [2.05, 4.69) is 0 Å². The quantitative estimate of drug-likeness (QED) is 0.768. The van der Waals surface area contributed by atoms with Crippen LogP contribution in [0.1, 0.15) is 49.1 Å². The minimum Gasteiger partial charge on any atom is -0.381 e. The van der Waals surface area contributed by atoms with Crippen LogP contribution in [0.4, 0.5) is 13.2 Å². The summed E-state index contributed by atoms with van der Waals surface area (Å²) in [6.45, 7) is 0. The Morgan fingerprint density at radius 1 is 1.05 bits per heavy atom. The number of halogens is 3. The lowest BCUT2D eigenvalue weighted by molar-refractivity contribution is -0.133. The first-order valence-corrected chi connectivity index (χ1v) is 7.16. The molecule has 1 aliphatic rings. The molecule has 0 bridgehead atoms. The van der Waals surface area contributed by atoms with Crippen molar-refractivity contribution in [3.8, 4) is 0 Å². The van der Waals surface area contributed by atoms with Gasteiger partial charge < -0.3 is 4.74 Å². The standard InChI is InChI=1S/C16H21F3O/c1-20-15-8-6-14(7-9-15)13-4-2-12(3-5-13)10-11-16(17,18)19/h2-5,14-15H,6-11H2,1H3. The van der Waals surface area contributed by atoms with Crippen molar-refractivity contribution in [1.82, 2.24) is 0 Å². The van der Waals surface area contributed by atoms with Crippen LogP contribution in [0.5, 0.6) is 0 Å². The zero-order valence-electron chi connectivity index (χ0n) is 11.7. The third kappa shape index (κ3) is 4.51. The molecule has 0 heterocycles. The van der Waals surface area contributed by atoms with E-state index in [0.29, 0.717) is 12.0 Å². The van der Waals surface area contributed by atoms with Crippen molar-refractivity contribution in [2.24, 2.45) is 0 Å². The van der Waals surface area contributed by atoms with Crippen molar-refractivity contribution >= 4 is 0 Å². The lowest BCUT2D eigenvalue weighted by Crippen LogP contribution is -2.19. The minimum atomic E-state index is -4.07. The molecule has 0 aliphatic heterocycles. The largest absolute Gasteiger partial charge is 0.389 e. The van der Waals surface area contributed by atoms with Crippen molar-refractivity contribution in [2.75, 3.05) is 7.11 Å². The zero-order chi connectivity index (χ0) is 14.6. The fourth-order valence-corrected chi connectivity index (χ4v) is 2.87. The second-order valence-corrected chi connectivity index (χ2v) is 5.57. The van der Waals surface area contributed by atoms with E-state index in [1.165, 1.54) is 5.56 Å². The Hall–Kier alpha value is -1.03. The van der Waals surface area contributed by atoms with Crippen molar-refractivity contribution < 1.29 is 17.9 Å². The highest BCUT2D eigenvalue weighted by Gasteiger charge is 2.26. The van der Waals surface area contributed by atoms with Gasteiger partial charge in [0.2, 0.25) is 0 Å². The molecule has 4 heteroatoms. The highest BCUT2D eigenvalue weighted by molar-refractivity contribution is 5.26. The number of methoxy groups -OCH3 is 1. The number of ether oxygens (including phenoxy) is 1. The molecule has 1 aliphatic carbocycles. The van der Waals surface area contributed by atoms with E-state index >= 15 is 0 Å². The van der Waals surface area contributed by atoms with Crippen LogP contribution in [0.2, 0.25) is 0 Å². The first kappa shape index (κ1) is 15.4. The maximum Gasteiger partial charge on any atom is 0.389 e. The molecule has 0 aromatic heterocycles. The molecule has 1 saturated carbocycles. The number of rotatable bonds is 4. The van der Waals surface area contributed by atoms with E-state index < -0.39 is 12.6 Å². The Balaban J connectivity index is 1.88. The second-order valence-electron chi connectivity index (χ2n) is 5.57.